The van der Waals surface area contributed by atoms with E-state index in [0.717, 1.165) is 19.3 Å². The molecule has 10 heteroatoms. The van der Waals surface area contributed by atoms with E-state index in [0.29, 0.717) is 5.75 Å². The summed E-state index contributed by atoms with van der Waals surface area (Å²) in [6, 6.07) is 0. The van der Waals surface area contributed by atoms with Gasteiger partial charge in [0.25, 0.3) is 0 Å². The first-order chi connectivity index (χ1) is 12.5. The third-order valence-electron chi connectivity index (χ3n) is 2.69. The van der Waals surface area contributed by atoms with Gasteiger partial charge in [0.15, 0.2) is 0 Å². The predicted octanol–water partition coefficient (Wildman–Crippen LogP) is 5.79. The molecule has 0 saturated heterocycles. The Morgan fingerprint density at radius 2 is 1.37 bits per heavy atom. The van der Waals surface area contributed by atoms with Crippen LogP contribution in [0.25, 0.3) is 0 Å². The second kappa shape index (κ2) is 20.5. The Balaban J connectivity index is -0.000000186. The molecule has 3 nitrogen and oxygen atoms in total. The van der Waals surface area contributed by atoms with Gasteiger partial charge >= 0.3 is 18.5 Å². The van der Waals surface area contributed by atoms with Crippen LogP contribution in [0.1, 0.15) is 67.2 Å². The first kappa shape index (κ1) is 34.3. The molecule has 0 amide bonds. The fourth-order valence-electron chi connectivity index (χ4n) is 1.07. The molecular formula is C17H36F6O3S. The molecule has 0 radical (unpaired) electrons. The molecule has 0 aromatic rings. The highest BCUT2D eigenvalue weighted by Gasteiger charge is 2.64. The highest BCUT2D eigenvalue weighted by Crippen LogP contribution is 2.39. The van der Waals surface area contributed by atoms with Gasteiger partial charge in [-0.05, 0) is 12.8 Å². The van der Waals surface area contributed by atoms with E-state index in [4.69, 9.17) is 10.2 Å². The Bertz CT molecular complexity index is 298. The van der Waals surface area contributed by atoms with E-state index in [1.54, 1.807) is 0 Å². The first-order valence-electron chi connectivity index (χ1n) is 9.10. The number of rotatable bonds is 10. The molecule has 27 heavy (non-hydrogen) atoms. The van der Waals surface area contributed by atoms with Crippen molar-refractivity contribution in [3.8, 4) is 0 Å². The molecule has 0 rings (SSSR count). The van der Waals surface area contributed by atoms with Crippen molar-refractivity contribution in [2.24, 2.45) is 0 Å². The molecule has 0 saturated carbocycles. The van der Waals surface area contributed by atoms with Crippen LogP contribution in [0, 0.1) is 0 Å². The zero-order valence-electron chi connectivity index (χ0n) is 17.0. The molecule has 2 atom stereocenters. The second-order valence-corrected chi connectivity index (χ2v) is 5.16. The number of aliphatic hydroxyl groups is 2. The minimum atomic E-state index is -5.57. The van der Waals surface area contributed by atoms with Gasteiger partial charge in [0.05, 0.1) is 18.8 Å². The van der Waals surface area contributed by atoms with Crippen LogP contribution in [-0.4, -0.2) is 53.2 Å². The van der Waals surface area contributed by atoms with Gasteiger partial charge in [-0.25, -0.2) is 8.78 Å². The summed E-state index contributed by atoms with van der Waals surface area (Å²) in [5.74, 6) is -4.97. The van der Waals surface area contributed by atoms with Crippen LogP contribution < -0.4 is 0 Å². The van der Waals surface area contributed by atoms with Crippen molar-refractivity contribution in [3.05, 3.63) is 0 Å². The molecule has 2 unspecified atom stereocenters. The van der Waals surface area contributed by atoms with E-state index < -0.39 is 31.2 Å². The summed E-state index contributed by atoms with van der Waals surface area (Å²) in [5.41, 5.74) is 0. The maximum absolute atomic E-state index is 12.4. The molecule has 0 fully saturated rings. The van der Waals surface area contributed by atoms with Crippen LogP contribution in [0.4, 0.5) is 26.3 Å². The number of thiol groups is 1. The van der Waals surface area contributed by atoms with Crippen LogP contribution in [-0.2, 0) is 4.74 Å². The maximum atomic E-state index is 12.4. The lowest BCUT2D eigenvalue weighted by Gasteiger charge is -2.26. The van der Waals surface area contributed by atoms with Crippen LogP contribution in [0.15, 0.2) is 0 Å². The topological polar surface area (TPSA) is 49.7 Å². The van der Waals surface area contributed by atoms with Crippen molar-refractivity contribution >= 4 is 12.6 Å². The predicted molar refractivity (Wildman–Crippen MR) is 100 cm³/mol. The highest BCUT2D eigenvalue weighted by atomic mass is 32.1. The van der Waals surface area contributed by atoms with E-state index in [1.807, 2.05) is 27.7 Å². The van der Waals surface area contributed by atoms with Gasteiger partial charge in [-0.1, -0.05) is 54.4 Å². The van der Waals surface area contributed by atoms with Crippen molar-refractivity contribution in [2.75, 3.05) is 12.4 Å². The molecule has 0 bridgehead atoms. The summed E-state index contributed by atoms with van der Waals surface area (Å²) < 4.78 is 75.5. The van der Waals surface area contributed by atoms with Crippen LogP contribution in [0.2, 0.25) is 0 Å². The smallest absolute Gasteiger partial charge is 0.392 e. The summed E-state index contributed by atoms with van der Waals surface area (Å²) in [5, 5.41) is 17.6. The largest absolute Gasteiger partial charge is 0.425 e. The van der Waals surface area contributed by atoms with E-state index in [-0.39, 0.29) is 12.5 Å². The first-order valence-corrected chi connectivity index (χ1v) is 9.74. The number of hydrogen-bond acceptors (Lipinski definition) is 4. The summed E-state index contributed by atoms with van der Waals surface area (Å²) in [4.78, 5) is 0. The van der Waals surface area contributed by atoms with Gasteiger partial charge in [-0.2, -0.15) is 30.2 Å². The van der Waals surface area contributed by atoms with E-state index in [9.17, 15) is 26.3 Å². The number of aliphatic hydroxyl groups excluding tert-OH is 2. The summed E-state index contributed by atoms with van der Waals surface area (Å²) in [7, 11) is 0. The minimum Gasteiger partial charge on any atom is -0.392 e. The normalized spacial score (nSPS) is 13.3. The maximum Gasteiger partial charge on any atom is 0.425 e. The van der Waals surface area contributed by atoms with Crippen molar-refractivity contribution in [1.29, 1.82) is 0 Å². The molecule has 0 aliphatic carbocycles. The molecule has 0 spiro atoms. The highest BCUT2D eigenvalue weighted by molar-refractivity contribution is 7.80. The summed E-state index contributed by atoms with van der Waals surface area (Å²) >= 11 is 3.94. The zero-order chi connectivity index (χ0) is 22.7. The lowest BCUT2D eigenvalue weighted by Crippen LogP contribution is -2.49. The number of alkyl halides is 6. The molecule has 0 aliphatic rings. The van der Waals surface area contributed by atoms with Gasteiger partial charge in [-0.15, -0.1) is 0 Å². The number of halogens is 6. The molecule has 0 aromatic carbocycles. The van der Waals surface area contributed by atoms with Crippen molar-refractivity contribution in [1.82, 2.24) is 0 Å². The van der Waals surface area contributed by atoms with E-state index in [2.05, 4.69) is 24.3 Å². The molecule has 0 aliphatic heterocycles. The number of unbranched alkanes of at least 4 members (excludes halogenated alkanes) is 1. The lowest BCUT2D eigenvalue weighted by atomic mass is 10.2. The molecule has 2 N–H and O–H groups in total. The minimum absolute atomic E-state index is 0.0175. The Labute approximate surface area is 164 Å². The monoisotopic (exact) mass is 434 g/mol. The Kier molecular flexibility index (Phi) is 26.1. The average Bonchev–Trinajstić information content (AvgIpc) is 2.67. The van der Waals surface area contributed by atoms with Crippen LogP contribution in [0.5, 0.6) is 0 Å². The standard InChI is InChI=1S/C7H10F6O2.C6H14OS.2C2H6/c1-2-4(14)3-15-7(12,13)6(10,11)5(8)9;1-2-3-4-6(7)5-8;2*1-2/h4-5,14H,2-3H2,1H3;6-8H,2-5H2,1H3;2*1-2H3. The lowest BCUT2D eigenvalue weighted by molar-refractivity contribution is -0.377. The molecule has 0 aromatic heterocycles. The van der Waals surface area contributed by atoms with Crippen molar-refractivity contribution < 1.29 is 41.3 Å². The van der Waals surface area contributed by atoms with Crippen LogP contribution in [0.3, 0.4) is 0 Å². The molecule has 170 valence electrons. The van der Waals surface area contributed by atoms with Gasteiger partial charge in [0.1, 0.15) is 0 Å². The van der Waals surface area contributed by atoms with Crippen LogP contribution >= 0.6 is 12.6 Å². The molecule has 0 heterocycles. The zero-order valence-corrected chi connectivity index (χ0v) is 17.9. The van der Waals surface area contributed by atoms with Gasteiger partial charge in [0.2, 0.25) is 0 Å². The SMILES string of the molecule is CC.CC.CCC(O)COC(F)(F)C(F)(F)C(F)F.CCCCC(O)CS. The Hall–Kier alpha value is -0.190. The van der Waals surface area contributed by atoms with Gasteiger partial charge in [-0.3, -0.25) is 0 Å². The second-order valence-electron chi connectivity index (χ2n) is 4.79. The summed E-state index contributed by atoms with van der Waals surface area (Å²) in [6.07, 6.45) is -8.26. The van der Waals surface area contributed by atoms with E-state index in [1.165, 1.54) is 6.92 Å². The van der Waals surface area contributed by atoms with Crippen molar-refractivity contribution in [3.63, 3.8) is 0 Å². The third-order valence-corrected chi connectivity index (χ3v) is 3.11. The fraction of sp³-hybridized carbons (Fsp3) is 1.00. The summed E-state index contributed by atoms with van der Waals surface area (Å²) in [6.45, 7) is 10.4. The number of hydrogen-bond donors (Lipinski definition) is 3. The molecular weight excluding hydrogens is 398 g/mol. The Morgan fingerprint density at radius 1 is 0.926 bits per heavy atom. The van der Waals surface area contributed by atoms with E-state index >= 15 is 0 Å². The average molecular weight is 435 g/mol. The fourth-order valence-corrected chi connectivity index (χ4v) is 1.26. The number of ether oxygens (including phenoxy) is 1. The quantitative estimate of drug-likeness (QED) is 0.301. The third kappa shape index (κ3) is 17.6. The van der Waals surface area contributed by atoms with Gasteiger partial charge in [0, 0.05) is 5.75 Å². The van der Waals surface area contributed by atoms with Crippen molar-refractivity contribution in [2.45, 2.75) is 97.9 Å². The van der Waals surface area contributed by atoms with Gasteiger partial charge < -0.3 is 14.9 Å². The Morgan fingerprint density at radius 3 is 1.67 bits per heavy atom.